The number of nitrogens with two attached hydrogens (primary N) is 2. The first-order valence-corrected chi connectivity index (χ1v) is 8.98. The lowest BCUT2D eigenvalue weighted by molar-refractivity contribution is 0.0996. The number of carbonyl (C=O) groups excluding carboxylic acids is 1. The molecule has 2 heterocycles. The van der Waals surface area contributed by atoms with E-state index in [4.69, 9.17) is 16.5 Å². The minimum absolute atomic E-state index is 0.156. The van der Waals surface area contributed by atoms with Crippen LogP contribution in [0.2, 0.25) is 0 Å². The Kier molecular flexibility index (Phi) is 4.71. The predicted molar refractivity (Wildman–Crippen MR) is 104 cm³/mol. The number of anilines is 1. The molecule has 138 valence electrons. The van der Waals surface area contributed by atoms with Gasteiger partial charge in [0.15, 0.2) is 0 Å². The summed E-state index contributed by atoms with van der Waals surface area (Å²) in [5.74, 6) is 0.0224. The van der Waals surface area contributed by atoms with E-state index in [0.29, 0.717) is 5.95 Å². The van der Waals surface area contributed by atoms with Gasteiger partial charge in [-0.15, -0.1) is 0 Å². The highest BCUT2D eigenvalue weighted by atomic mass is 16.1. The summed E-state index contributed by atoms with van der Waals surface area (Å²) in [6, 6.07) is 6.01. The van der Waals surface area contributed by atoms with Crippen LogP contribution < -0.4 is 16.4 Å². The molecule has 1 aliphatic heterocycles. The van der Waals surface area contributed by atoms with Gasteiger partial charge in [0.1, 0.15) is 5.69 Å². The average Bonchev–Trinajstić information content (AvgIpc) is 2.57. The fourth-order valence-electron chi connectivity index (χ4n) is 3.44. The fraction of sp³-hybridized carbons (Fsp3) is 0.450. The Labute approximate surface area is 154 Å². The van der Waals surface area contributed by atoms with Crippen LogP contribution in [0.3, 0.4) is 0 Å². The number of carbonyl (C=O) groups is 1. The first-order valence-electron chi connectivity index (χ1n) is 8.98. The van der Waals surface area contributed by atoms with E-state index in [-0.39, 0.29) is 11.2 Å². The monoisotopic (exact) mass is 353 g/mol. The van der Waals surface area contributed by atoms with Crippen molar-refractivity contribution in [1.82, 2.24) is 9.97 Å². The normalized spacial score (nSPS) is 16.6. The van der Waals surface area contributed by atoms with Gasteiger partial charge in [0.2, 0.25) is 5.95 Å². The largest absolute Gasteiger partial charge is 0.364 e. The molecule has 0 aliphatic carbocycles. The first-order chi connectivity index (χ1) is 12.2. The first kappa shape index (κ1) is 18.3. The molecule has 6 nitrogen and oxygen atoms in total. The lowest BCUT2D eigenvalue weighted by atomic mass is 9.91. The minimum atomic E-state index is -0.534. The third-order valence-corrected chi connectivity index (χ3v) is 5.37. The van der Waals surface area contributed by atoms with Gasteiger partial charge in [-0.2, -0.15) is 0 Å². The number of amides is 1. The van der Waals surface area contributed by atoms with Gasteiger partial charge in [-0.3, -0.25) is 4.79 Å². The van der Waals surface area contributed by atoms with E-state index in [1.807, 2.05) is 39.0 Å². The van der Waals surface area contributed by atoms with Crippen LogP contribution in [0, 0.1) is 20.8 Å². The van der Waals surface area contributed by atoms with Crippen molar-refractivity contribution >= 4 is 11.9 Å². The van der Waals surface area contributed by atoms with E-state index in [2.05, 4.69) is 16.8 Å². The van der Waals surface area contributed by atoms with Crippen LogP contribution in [0.1, 0.15) is 47.1 Å². The van der Waals surface area contributed by atoms with Gasteiger partial charge >= 0.3 is 0 Å². The van der Waals surface area contributed by atoms with Gasteiger partial charge in [0.05, 0.1) is 5.69 Å². The SMILES string of the molecule is Cc1cccc(-c2c(C)nc(N3CCC(C)(N)CC3)nc2C(N)=O)c1C. The molecule has 0 bridgehead atoms. The zero-order valence-electron chi connectivity index (χ0n) is 16.0. The third kappa shape index (κ3) is 3.42. The maximum absolute atomic E-state index is 12.2. The highest BCUT2D eigenvalue weighted by Gasteiger charge is 2.28. The summed E-state index contributed by atoms with van der Waals surface area (Å²) in [6.45, 7) is 9.60. The molecule has 0 saturated carbocycles. The summed E-state index contributed by atoms with van der Waals surface area (Å²) >= 11 is 0. The zero-order chi connectivity index (χ0) is 19.1. The number of aromatic nitrogens is 2. The molecule has 0 radical (unpaired) electrons. The van der Waals surface area contributed by atoms with Crippen LogP contribution in [0.25, 0.3) is 11.1 Å². The minimum Gasteiger partial charge on any atom is -0.364 e. The van der Waals surface area contributed by atoms with Crippen LogP contribution in [0.5, 0.6) is 0 Å². The molecule has 1 aromatic carbocycles. The van der Waals surface area contributed by atoms with Crippen molar-refractivity contribution in [2.45, 2.75) is 46.1 Å². The topological polar surface area (TPSA) is 98.1 Å². The third-order valence-electron chi connectivity index (χ3n) is 5.37. The summed E-state index contributed by atoms with van der Waals surface area (Å²) in [7, 11) is 0. The van der Waals surface area contributed by atoms with E-state index < -0.39 is 5.91 Å². The Balaban J connectivity index is 2.08. The lowest BCUT2D eigenvalue weighted by Gasteiger charge is -2.37. The average molecular weight is 353 g/mol. The molecule has 1 aromatic heterocycles. The molecular weight excluding hydrogens is 326 g/mol. The number of aryl methyl sites for hydroxylation is 2. The van der Waals surface area contributed by atoms with E-state index in [9.17, 15) is 4.79 Å². The van der Waals surface area contributed by atoms with Gasteiger partial charge in [-0.1, -0.05) is 18.2 Å². The second-order valence-electron chi connectivity index (χ2n) is 7.59. The number of rotatable bonds is 3. The lowest BCUT2D eigenvalue weighted by Crippen LogP contribution is -2.48. The Bertz CT molecular complexity index is 850. The quantitative estimate of drug-likeness (QED) is 0.883. The predicted octanol–water partition coefficient (Wildman–Crippen LogP) is 2.49. The van der Waals surface area contributed by atoms with Crippen molar-refractivity contribution in [3.8, 4) is 11.1 Å². The Morgan fingerprint density at radius 3 is 2.42 bits per heavy atom. The van der Waals surface area contributed by atoms with Crippen LogP contribution in [-0.4, -0.2) is 34.5 Å². The molecule has 2 aromatic rings. The summed E-state index contributed by atoms with van der Waals surface area (Å²) in [5.41, 5.74) is 16.7. The second-order valence-corrected chi connectivity index (χ2v) is 7.59. The van der Waals surface area contributed by atoms with Gasteiger partial charge in [-0.05, 0) is 57.2 Å². The van der Waals surface area contributed by atoms with Gasteiger partial charge in [-0.25, -0.2) is 9.97 Å². The van der Waals surface area contributed by atoms with E-state index in [1.165, 1.54) is 0 Å². The number of piperidine rings is 1. The smallest absolute Gasteiger partial charge is 0.268 e. The van der Waals surface area contributed by atoms with Crippen LogP contribution in [-0.2, 0) is 0 Å². The van der Waals surface area contributed by atoms with Crippen LogP contribution in [0.15, 0.2) is 18.2 Å². The number of benzene rings is 1. The second kappa shape index (κ2) is 6.68. The molecule has 0 atom stereocenters. The molecule has 0 unspecified atom stereocenters. The van der Waals surface area contributed by atoms with Crippen molar-refractivity contribution in [1.29, 1.82) is 0 Å². The van der Waals surface area contributed by atoms with Gasteiger partial charge in [0, 0.05) is 24.2 Å². The molecule has 4 N–H and O–H groups in total. The van der Waals surface area contributed by atoms with E-state index in [0.717, 1.165) is 53.9 Å². The molecule has 1 saturated heterocycles. The van der Waals surface area contributed by atoms with Crippen molar-refractivity contribution in [3.63, 3.8) is 0 Å². The Morgan fingerprint density at radius 2 is 1.81 bits per heavy atom. The molecule has 6 heteroatoms. The maximum atomic E-state index is 12.2. The molecule has 26 heavy (non-hydrogen) atoms. The maximum Gasteiger partial charge on any atom is 0.268 e. The summed E-state index contributed by atoms with van der Waals surface area (Å²) in [6.07, 6.45) is 1.72. The molecule has 3 rings (SSSR count). The fourth-order valence-corrected chi connectivity index (χ4v) is 3.44. The van der Waals surface area contributed by atoms with E-state index >= 15 is 0 Å². The highest BCUT2D eigenvalue weighted by molar-refractivity contribution is 5.99. The highest BCUT2D eigenvalue weighted by Crippen LogP contribution is 2.32. The van der Waals surface area contributed by atoms with Gasteiger partial charge in [0.25, 0.3) is 5.91 Å². The number of hydrogen-bond donors (Lipinski definition) is 2. The van der Waals surface area contributed by atoms with Crippen molar-refractivity contribution in [2.24, 2.45) is 11.5 Å². The molecular formula is C20H27N5O. The Hall–Kier alpha value is -2.47. The van der Waals surface area contributed by atoms with Crippen LogP contribution >= 0.6 is 0 Å². The van der Waals surface area contributed by atoms with E-state index in [1.54, 1.807) is 0 Å². The summed E-state index contributed by atoms with van der Waals surface area (Å²) < 4.78 is 0. The van der Waals surface area contributed by atoms with Crippen molar-refractivity contribution in [2.75, 3.05) is 18.0 Å². The summed E-state index contributed by atoms with van der Waals surface area (Å²) in [5, 5.41) is 0. The summed E-state index contributed by atoms with van der Waals surface area (Å²) in [4.78, 5) is 23.5. The molecule has 0 spiro atoms. The Morgan fingerprint density at radius 1 is 1.15 bits per heavy atom. The van der Waals surface area contributed by atoms with Crippen molar-refractivity contribution in [3.05, 3.63) is 40.7 Å². The molecule has 1 fully saturated rings. The van der Waals surface area contributed by atoms with Crippen LogP contribution in [0.4, 0.5) is 5.95 Å². The van der Waals surface area contributed by atoms with Crippen molar-refractivity contribution < 1.29 is 4.79 Å². The zero-order valence-corrected chi connectivity index (χ0v) is 16.0. The number of nitrogens with zero attached hydrogens (tertiary/aromatic N) is 3. The number of primary amides is 1. The number of hydrogen-bond acceptors (Lipinski definition) is 5. The molecule has 1 amide bonds. The van der Waals surface area contributed by atoms with Gasteiger partial charge < -0.3 is 16.4 Å². The molecule has 1 aliphatic rings. The standard InChI is InChI=1S/C20H27N5O/c1-12-6-5-7-15(13(12)2)16-14(3)23-19(24-17(16)18(21)26)25-10-8-20(4,22)9-11-25/h5-7H,8-11,22H2,1-4H3,(H2,21,26).